The second-order valence-corrected chi connectivity index (χ2v) is 6.89. The summed E-state index contributed by atoms with van der Waals surface area (Å²) in [5.74, 6) is 0.804. The lowest BCUT2D eigenvalue weighted by Gasteiger charge is -2.18. The van der Waals surface area contributed by atoms with E-state index in [-0.39, 0.29) is 41.8 Å². The van der Waals surface area contributed by atoms with Gasteiger partial charge >= 0.3 is 5.69 Å². The molecule has 4 atom stereocenters. The van der Waals surface area contributed by atoms with E-state index in [0.29, 0.717) is 13.0 Å². The van der Waals surface area contributed by atoms with Gasteiger partial charge in [0.05, 0.1) is 12.7 Å². The molecule has 1 aliphatic rings. The highest BCUT2D eigenvalue weighted by atomic mass is 16.5. The fourth-order valence-electron chi connectivity index (χ4n) is 2.94. The van der Waals surface area contributed by atoms with Crippen LogP contribution in [-0.2, 0) is 14.3 Å². The lowest BCUT2D eigenvalue weighted by molar-refractivity contribution is -0.116. The molecular weight excluding hydrogens is 310 g/mol. The third-order valence-corrected chi connectivity index (χ3v) is 4.48. The van der Waals surface area contributed by atoms with Gasteiger partial charge in [0.2, 0.25) is 5.91 Å². The molecule has 1 aliphatic heterocycles. The van der Waals surface area contributed by atoms with Crippen molar-refractivity contribution in [3.8, 4) is 0 Å². The molecule has 1 unspecified atom stereocenters. The summed E-state index contributed by atoms with van der Waals surface area (Å²) in [6.07, 6.45) is 1.60. The molecule has 0 saturated carbocycles. The monoisotopic (exact) mass is 337 g/mol. The van der Waals surface area contributed by atoms with Gasteiger partial charge in [0.25, 0.3) is 0 Å². The number of nitrogens with zero attached hydrogens (tertiary/aromatic N) is 2. The van der Waals surface area contributed by atoms with Gasteiger partial charge in [-0.3, -0.25) is 9.36 Å². The molecule has 2 heterocycles. The molecule has 1 fully saturated rings. The van der Waals surface area contributed by atoms with E-state index in [4.69, 9.17) is 9.47 Å². The van der Waals surface area contributed by atoms with Crippen LogP contribution < -0.4 is 11.0 Å². The number of methoxy groups -OCH3 is 1. The van der Waals surface area contributed by atoms with Crippen LogP contribution in [0, 0.1) is 17.8 Å². The van der Waals surface area contributed by atoms with Gasteiger partial charge in [-0.1, -0.05) is 27.7 Å². The minimum atomic E-state index is -0.431. The number of carbonyl (C=O) groups excluding carboxylic acids is 1. The second kappa shape index (κ2) is 7.90. The highest BCUT2D eigenvalue weighted by Gasteiger charge is 2.40. The van der Waals surface area contributed by atoms with Gasteiger partial charge in [-0.2, -0.15) is 4.98 Å². The van der Waals surface area contributed by atoms with Crippen LogP contribution in [0.4, 0.5) is 5.82 Å². The van der Waals surface area contributed by atoms with E-state index >= 15 is 0 Å². The maximum absolute atomic E-state index is 12.3. The van der Waals surface area contributed by atoms with E-state index in [2.05, 4.69) is 24.1 Å². The van der Waals surface area contributed by atoms with Crippen molar-refractivity contribution in [1.82, 2.24) is 9.55 Å². The average Bonchev–Trinajstić information content (AvgIpc) is 2.75. The van der Waals surface area contributed by atoms with Crippen LogP contribution in [0.25, 0.3) is 0 Å². The average molecular weight is 337 g/mol. The Labute approximate surface area is 142 Å². The topological polar surface area (TPSA) is 82.4 Å². The molecule has 0 aromatic carbocycles. The van der Waals surface area contributed by atoms with Crippen molar-refractivity contribution in [2.24, 2.45) is 17.8 Å². The van der Waals surface area contributed by atoms with Crippen molar-refractivity contribution in [3.05, 3.63) is 22.7 Å². The molecule has 1 aromatic heterocycles. The van der Waals surface area contributed by atoms with Crippen molar-refractivity contribution in [3.63, 3.8) is 0 Å². The Bertz CT molecular complexity index is 629. The normalized spacial score (nSPS) is 26.8. The summed E-state index contributed by atoms with van der Waals surface area (Å²) in [5.41, 5.74) is -0.431. The number of anilines is 1. The number of aromatic nitrogens is 2. The lowest BCUT2D eigenvalue weighted by Crippen LogP contribution is -2.30. The Kier molecular flexibility index (Phi) is 6.12. The summed E-state index contributed by atoms with van der Waals surface area (Å²) in [6, 6.07) is 1.63. The molecule has 1 aromatic rings. The van der Waals surface area contributed by atoms with Crippen LogP contribution in [0.15, 0.2) is 17.1 Å². The Morgan fingerprint density at radius 1 is 1.42 bits per heavy atom. The number of carbonyl (C=O) groups is 1. The smallest absolute Gasteiger partial charge is 0.351 e. The molecule has 7 heteroatoms. The van der Waals surface area contributed by atoms with Crippen molar-refractivity contribution in [2.45, 2.75) is 46.4 Å². The summed E-state index contributed by atoms with van der Waals surface area (Å²) in [6.45, 7) is 8.55. The first kappa shape index (κ1) is 18.6. The summed E-state index contributed by atoms with van der Waals surface area (Å²) in [4.78, 5) is 28.1. The first-order valence-electron chi connectivity index (χ1n) is 8.37. The van der Waals surface area contributed by atoms with Crippen LogP contribution in [-0.4, -0.2) is 35.3 Å². The van der Waals surface area contributed by atoms with Crippen molar-refractivity contribution >= 4 is 11.7 Å². The van der Waals surface area contributed by atoms with Gasteiger partial charge in [-0.05, 0) is 17.9 Å². The predicted octanol–water partition coefficient (Wildman–Crippen LogP) is 2.04. The number of nitrogens with one attached hydrogen (secondary N) is 1. The Morgan fingerprint density at radius 2 is 2.12 bits per heavy atom. The number of ether oxygens (including phenoxy) is 2. The summed E-state index contributed by atoms with van der Waals surface area (Å²) >= 11 is 0. The SMILES string of the molecule is COC[C@H]1O[C@@H](n2ccc(NC(=O)CC(C)C)nc2=O)[C@H](C)C1C. The fraction of sp³-hybridized carbons (Fsp3) is 0.706. The van der Waals surface area contributed by atoms with E-state index in [1.165, 1.54) is 4.57 Å². The van der Waals surface area contributed by atoms with E-state index < -0.39 is 5.69 Å². The minimum Gasteiger partial charge on any atom is -0.382 e. The van der Waals surface area contributed by atoms with Gasteiger partial charge in [0.1, 0.15) is 12.0 Å². The molecule has 2 rings (SSSR count). The zero-order chi connectivity index (χ0) is 17.9. The molecule has 0 aliphatic carbocycles. The lowest BCUT2D eigenvalue weighted by atomic mass is 9.93. The largest absolute Gasteiger partial charge is 0.382 e. The molecule has 0 bridgehead atoms. The molecule has 1 amide bonds. The Hall–Kier alpha value is -1.73. The molecule has 24 heavy (non-hydrogen) atoms. The Balaban J connectivity index is 2.13. The van der Waals surface area contributed by atoms with E-state index in [9.17, 15) is 9.59 Å². The van der Waals surface area contributed by atoms with Gasteiger partial charge in [-0.15, -0.1) is 0 Å². The standard InChI is InChI=1S/C17H27N3O4/c1-10(2)8-15(21)18-14-6-7-20(17(22)19-14)16-12(4)11(3)13(24-16)9-23-5/h6-7,10-13,16H,8-9H2,1-5H3,(H,18,19,21,22)/t11?,12-,13-,16-/m1/s1. The third-order valence-electron chi connectivity index (χ3n) is 4.48. The minimum absolute atomic E-state index is 0.0488. The molecule has 1 saturated heterocycles. The van der Waals surface area contributed by atoms with Crippen LogP contribution in [0.1, 0.15) is 40.3 Å². The zero-order valence-electron chi connectivity index (χ0n) is 15.0. The molecular formula is C17H27N3O4. The number of hydrogen-bond acceptors (Lipinski definition) is 5. The van der Waals surface area contributed by atoms with Crippen molar-refractivity contribution < 1.29 is 14.3 Å². The van der Waals surface area contributed by atoms with Crippen molar-refractivity contribution in [1.29, 1.82) is 0 Å². The highest BCUT2D eigenvalue weighted by molar-refractivity contribution is 5.89. The summed E-state index contributed by atoms with van der Waals surface area (Å²) in [7, 11) is 1.64. The maximum Gasteiger partial charge on any atom is 0.351 e. The second-order valence-electron chi connectivity index (χ2n) is 6.89. The molecule has 1 N–H and O–H groups in total. The number of hydrogen-bond donors (Lipinski definition) is 1. The maximum atomic E-state index is 12.3. The third kappa shape index (κ3) is 4.21. The quantitative estimate of drug-likeness (QED) is 0.859. The zero-order valence-corrected chi connectivity index (χ0v) is 15.0. The van der Waals surface area contributed by atoms with Gasteiger partial charge < -0.3 is 14.8 Å². The first-order valence-corrected chi connectivity index (χ1v) is 8.37. The summed E-state index contributed by atoms with van der Waals surface area (Å²) in [5, 5.41) is 2.66. The van der Waals surface area contributed by atoms with E-state index in [1.807, 2.05) is 13.8 Å². The molecule has 0 radical (unpaired) electrons. The Morgan fingerprint density at radius 3 is 2.71 bits per heavy atom. The summed E-state index contributed by atoms with van der Waals surface area (Å²) < 4.78 is 12.6. The molecule has 7 nitrogen and oxygen atoms in total. The fourth-order valence-corrected chi connectivity index (χ4v) is 2.94. The van der Waals surface area contributed by atoms with Crippen LogP contribution in [0.3, 0.4) is 0 Å². The van der Waals surface area contributed by atoms with Gasteiger partial charge in [-0.25, -0.2) is 4.79 Å². The van der Waals surface area contributed by atoms with Crippen LogP contribution >= 0.6 is 0 Å². The van der Waals surface area contributed by atoms with Crippen LogP contribution in [0.2, 0.25) is 0 Å². The first-order chi connectivity index (χ1) is 11.3. The number of rotatable bonds is 6. The van der Waals surface area contributed by atoms with E-state index in [1.54, 1.807) is 19.4 Å². The molecule has 0 spiro atoms. The number of amides is 1. The van der Waals surface area contributed by atoms with Crippen molar-refractivity contribution in [2.75, 3.05) is 19.0 Å². The highest BCUT2D eigenvalue weighted by Crippen LogP contribution is 2.38. The van der Waals surface area contributed by atoms with E-state index in [0.717, 1.165) is 0 Å². The van der Waals surface area contributed by atoms with Gasteiger partial charge in [0, 0.05) is 25.6 Å². The van der Waals surface area contributed by atoms with Gasteiger partial charge in [0.15, 0.2) is 0 Å². The predicted molar refractivity (Wildman–Crippen MR) is 90.7 cm³/mol. The molecule has 134 valence electrons. The van der Waals surface area contributed by atoms with Crippen LogP contribution in [0.5, 0.6) is 0 Å².